The molecule has 6 rings (SSSR count). The summed E-state index contributed by atoms with van der Waals surface area (Å²) in [5.74, 6) is 0.764. The van der Waals surface area contributed by atoms with E-state index in [1.54, 1.807) is 7.11 Å². The molecule has 3 heterocycles. The molecule has 2 aromatic heterocycles. The number of hydrogen-bond acceptors (Lipinski definition) is 4. The highest BCUT2D eigenvalue weighted by Crippen LogP contribution is 2.30. The van der Waals surface area contributed by atoms with E-state index in [1.807, 2.05) is 35.2 Å². The predicted molar refractivity (Wildman–Crippen MR) is 164 cm³/mol. The monoisotopic (exact) mass is 545 g/mol. The molecule has 1 aliphatic rings. The second kappa shape index (κ2) is 11.5. The van der Waals surface area contributed by atoms with Gasteiger partial charge >= 0.3 is 6.03 Å². The summed E-state index contributed by atoms with van der Waals surface area (Å²) >= 11 is 0. The molecule has 0 unspecified atom stereocenters. The Morgan fingerprint density at radius 1 is 0.878 bits per heavy atom. The number of rotatable bonds is 6. The van der Waals surface area contributed by atoms with Crippen molar-refractivity contribution in [1.29, 1.82) is 0 Å². The highest BCUT2D eigenvalue weighted by atomic mass is 16.5. The number of anilines is 1. The number of benzene rings is 3. The first-order valence-corrected chi connectivity index (χ1v) is 14.0. The Morgan fingerprint density at radius 3 is 2.37 bits per heavy atom. The summed E-state index contributed by atoms with van der Waals surface area (Å²) in [6.07, 6.45) is 2.23. The van der Waals surface area contributed by atoms with E-state index >= 15 is 0 Å². The van der Waals surface area contributed by atoms with Crippen LogP contribution in [0.1, 0.15) is 16.8 Å². The van der Waals surface area contributed by atoms with Gasteiger partial charge in [-0.05, 0) is 66.9 Å². The molecule has 0 spiro atoms. The molecule has 5 aromatic rings. The molecule has 0 saturated carbocycles. The van der Waals surface area contributed by atoms with Gasteiger partial charge in [-0.15, -0.1) is 0 Å². The Hall–Kier alpha value is -4.62. The van der Waals surface area contributed by atoms with Crippen LogP contribution in [0.25, 0.3) is 28.0 Å². The molecule has 7 nitrogen and oxygen atoms in total. The predicted octanol–water partition coefficient (Wildman–Crippen LogP) is 6.64. The average Bonchev–Trinajstić information content (AvgIpc) is 3.37. The molecule has 1 N–H and O–H groups in total. The van der Waals surface area contributed by atoms with Crippen LogP contribution in [-0.2, 0) is 6.54 Å². The van der Waals surface area contributed by atoms with E-state index in [-0.39, 0.29) is 6.03 Å². The maximum atomic E-state index is 12.9. The van der Waals surface area contributed by atoms with E-state index in [0.29, 0.717) is 13.1 Å². The fraction of sp³-hybridized carbons (Fsp3) is 0.235. The van der Waals surface area contributed by atoms with E-state index in [2.05, 4.69) is 89.3 Å². The lowest BCUT2D eigenvalue weighted by Gasteiger charge is -2.34. The number of amides is 2. The number of hydrogen-bond donors (Lipinski definition) is 1. The summed E-state index contributed by atoms with van der Waals surface area (Å²) in [5, 5.41) is 3.01. The molecule has 1 fully saturated rings. The van der Waals surface area contributed by atoms with Crippen molar-refractivity contribution >= 4 is 17.4 Å². The Balaban J connectivity index is 1.24. The Kier molecular flexibility index (Phi) is 7.44. The molecule has 3 aromatic carbocycles. The summed E-state index contributed by atoms with van der Waals surface area (Å²) in [6, 6.07) is 28.6. The van der Waals surface area contributed by atoms with Gasteiger partial charge in [-0.3, -0.25) is 4.90 Å². The number of imidazole rings is 1. The number of pyridine rings is 1. The summed E-state index contributed by atoms with van der Waals surface area (Å²) in [5.41, 5.74) is 9.89. The van der Waals surface area contributed by atoms with E-state index in [1.165, 1.54) is 22.3 Å². The van der Waals surface area contributed by atoms with E-state index in [0.717, 1.165) is 53.7 Å². The van der Waals surface area contributed by atoms with Gasteiger partial charge in [0.2, 0.25) is 0 Å². The lowest BCUT2D eigenvalue weighted by atomic mass is 10.00. The summed E-state index contributed by atoms with van der Waals surface area (Å²) in [4.78, 5) is 22.3. The summed E-state index contributed by atoms with van der Waals surface area (Å²) in [6.45, 7) is 7.93. The van der Waals surface area contributed by atoms with Crippen LogP contribution in [0.5, 0.6) is 5.75 Å². The van der Waals surface area contributed by atoms with Crippen molar-refractivity contribution in [2.45, 2.75) is 20.4 Å². The smallest absolute Gasteiger partial charge is 0.321 e. The number of piperazine rings is 1. The van der Waals surface area contributed by atoms with Gasteiger partial charge in [0, 0.05) is 50.2 Å². The minimum Gasteiger partial charge on any atom is -0.497 e. The van der Waals surface area contributed by atoms with Crippen molar-refractivity contribution in [2.24, 2.45) is 0 Å². The molecule has 1 aliphatic heterocycles. The van der Waals surface area contributed by atoms with Gasteiger partial charge < -0.3 is 19.4 Å². The molecule has 7 heteroatoms. The van der Waals surface area contributed by atoms with E-state index in [4.69, 9.17) is 9.72 Å². The van der Waals surface area contributed by atoms with Crippen LogP contribution >= 0.6 is 0 Å². The van der Waals surface area contributed by atoms with Crippen LogP contribution in [0.2, 0.25) is 0 Å². The molecule has 41 heavy (non-hydrogen) atoms. The number of aromatic nitrogens is 2. The average molecular weight is 546 g/mol. The second-order valence-corrected chi connectivity index (χ2v) is 10.7. The number of fused-ring (bicyclic) bond motifs is 1. The SMILES string of the molecule is COc1ccc(NC(=O)N2CCN(Cc3c(-c4ccccc4)nc4ccc(-c5cc(C)ccc5C)cn34)CC2)cc1. The van der Waals surface area contributed by atoms with Crippen molar-refractivity contribution in [1.82, 2.24) is 19.2 Å². The van der Waals surface area contributed by atoms with E-state index < -0.39 is 0 Å². The van der Waals surface area contributed by atoms with Crippen molar-refractivity contribution in [3.63, 3.8) is 0 Å². The maximum Gasteiger partial charge on any atom is 0.321 e. The number of urea groups is 1. The molecular weight excluding hydrogens is 510 g/mol. The zero-order chi connectivity index (χ0) is 28.3. The van der Waals surface area contributed by atoms with Crippen molar-refractivity contribution < 1.29 is 9.53 Å². The van der Waals surface area contributed by atoms with Crippen LogP contribution in [-0.4, -0.2) is 58.5 Å². The van der Waals surface area contributed by atoms with Crippen LogP contribution in [0.3, 0.4) is 0 Å². The molecule has 1 saturated heterocycles. The summed E-state index contributed by atoms with van der Waals surface area (Å²) in [7, 11) is 1.63. The molecule has 0 aliphatic carbocycles. The third-order valence-corrected chi connectivity index (χ3v) is 7.84. The maximum absolute atomic E-state index is 12.9. The highest BCUT2D eigenvalue weighted by molar-refractivity contribution is 5.89. The zero-order valence-corrected chi connectivity index (χ0v) is 23.8. The Labute approximate surface area is 241 Å². The van der Waals surface area contributed by atoms with Crippen molar-refractivity contribution in [3.05, 3.63) is 108 Å². The first-order valence-electron chi connectivity index (χ1n) is 14.0. The van der Waals surface area contributed by atoms with Crippen LogP contribution in [0.4, 0.5) is 10.5 Å². The standard InChI is InChI=1S/C34H35N5O2/c1-24-9-10-25(2)30(21-24)27-11-16-32-36-33(26-7-5-4-6-8-26)31(39(32)22-27)23-37-17-19-38(20-18-37)34(40)35-28-12-14-29(41-3)15-13-28/h4-16,21-22H,17-20,23H2,1-3H3,(H,35,40). The van der Waals surface area contributed by atoms with Crippen LogP contribution < -0.4 is 10.1 Å². The minimum absolute atomic E-state index is 0.0761. The van der Waals surface area contributed by atoms with Gasteiger partial charge in [-0.1, -0.05) is 54.1 Å². The number of carbonyl (C=O) groups excluding carboxylic acids is 1. The number of nitrogens with zero attached hydrogens (tertiary/aromatic N) is 4. The molecule has 208 valence electrons. The topological polar surface area (TPSA) is 62.1 Å². The van der Waals surface area contributed by atoms with Gasteiger partial charge in [0.05, 0.1) is 18.5 Å². The minimum atomic E-state index is -0.0761. The number of nitrogens with one attached hydrogen (secondary N) is 1. The fourth-order valence-electron chi connectivity index (χ4n) is 5.48. The number of ether oxygens (including phenoxy) is 1. The second-order valence-electron chi connectivity index (χ2n) is 10.7. The molecule has 0 radical (unpaired) electrons. The first kappa shape index (κ1) is 26.6. The van der Waals surface area contributed by atoms with Crippen molar-refractivity contribution in [3.8, 4) is 28.1 Å². The molecule has 0 atom stereocenters. The van der Waals surface area contributed by atoms with Gasteiger partial charge in [0.15, 0.2) is 0 Å². The summed E-state index contributed by atoms with van der Waals surface area (Å²) < 4.78 is 7.46. The quantitative estimate of drug-likeness (QED) is 0.260. The Bertz CT molecular complexity index is 1670. The van der Waals surface area contributed by atoms with Crippen molar-refractivity contribution in [2.75, 3.05) is 38.6 Å². The molecule has 0 bridgehead atoms. The number of carbonyl (C=O) groups is 1. The highest BCUT2D eigenvalue weighted by Gasteiger charge is 2.24. The third-order valence-electron chi connectivity index (χ3n) is 7.84. The largest absolute Gasteiger partial charge is 0.497 e. The fourth-order valence-corrected chi connectivity index (χ4v) is 5.48. The van der Waals surface area contributed by atoms with Crippen LogP contribution in [0.15, 0.2) is 91.1 Å². The van der Waals surface area contributed by atoms with Gasteiger partial charge in [0.25, 0.3) is 0 Å². The van der Waals surface area contributed by atoms with Gasteiger partial charge in [0.1, 0.15) is 11.4 Å². The van der Waals surface area contributed by atoms with E-state index in [9.17, 15) is 4.79 Å². The first-order chi connectivity index (χ1) is 20.0. The molecule has 2 amide bonds. The van der Waals surface area contributed by atoms with Crippen LogP contribution in [0, 0.1) is 13.8 Å². The number of methoxy groups -OCH3 is 1. The van der Waals surface area contributed by atoms with Gasteiger partial charge in [-0.25, -0.2) is 9.78 Å². The number of aryl methyl sites for hydroxylation is 2. The lowest BCUT2D eigenvalue weighted by Crippen LogP contribution is -2.49. The van der Waals surface area contributed by atoms with Gasteiger partial charge in [-0.2, -0.15) is 0 Å². The lowest BCUT2D eigenvalue weighted by molar-refractivity contribution is 0.142. The Morgan fingerprint density at radius 2 is 1.63 bits per heavy atom. The third kappa shape index (κ3) is 5.67. The molecular formula is C34H35N5O2. The normalized spacial score (nSPS) is 13.9. The zero-order valence-electron chi connectivity index (χ0n) is 23.8.